The van der Waals surface area contributed by atoms with Crippen molar-refractivity contribution < 1.29 is 29.4 Å². The van der Waals surface area contributed by atoms with Gasteiger partial charge in [-0.15, -0.1) is 20.5 Å². The van der Waals surface area contributed by atoms with Crippen molar-refractivity contribution >= 4 is 0 Å². The molecular formula is C22H38N2O6. The Morgan fingerprint density at radius 1 is 0.667 bits per heavy atom. The van der Waals surface area contributed by atoms with Crippen molar-refractivity contribution in [3.63, 3.8) is 0 Å². The molecule has 4 heterocycles. The Hall–Kier alpha value is -0.320. The third kappa shape index (κ3) is 3.73. The molecule has 2 radical (unpaired) electrons. The van der Waals surface area contributed by atoms with E-state index < -0.39 is 28.2 Å². The van der Waals surface area contributed by atoms with Crippen LogP contribution >= 0.6 is 0 Å². The van der Waals surface area contributed by atoms with E-state index in [0.717, 1.165) is 5.06 Å². The summed E-state index contributed by atoms with van der Waals surface area (Å²) in [5, 5.41) is 27.5. The second-order valence-corrected chi connectivity index (χ2v) is 12.1. The molecule has 3 spiro atoms. The van der Waals surface area contributed by atoms with E-state index >= 15 is 0 Å². The van der Waals surface area contributed by atoms with Gasteiger partial charge in [0.15, 0.2) is 11.6 Å². The van der Waals surface area contributed by atoms with Gasteiger partial charge in [-0.05, 0) is 48.5 Å². The minimum atomic E-state index is -0.751. The average molecular weight is 427 g/mol. The van der Waals surface area contributed by atoms with Crippen LogP contribution < -0.4 is 0 Å². The largest absolute Gasteiger partial charge is 0.349 e. The van der Waals surface area contributed by atoms with Gasteiger partial charge in [0.1, 0.15) is 0 Å². The fourth-order valence-electron chi connectivity index (χ4n) is 6.18. The number of nitrogens with zero attached hydrogens (tertiary/aromatic N) is 2. The Balaban J connectivity index is 1.42. The van der Waals surface area contributed by atoms with E-state index in [1.807, 2.05) is 48.5 Å². The summed E-state index contributed by atoms with van der Waals surface area (Å²) in [6, 6.07) is -0.160. The van der Waals surface area contributed by atoms with Gasteiger partial charge in [-0.25, -0.2) is 0 Å². The molecule has 1 atom stereocenters. The summed E-state index contributed by atoms with van der Waals surface area (Å²) in [6.07, 6.45) is 2.15. The van der Waals surface area contributed by atoms with Gasteiger partial charge in [-0.2, -0.15) is 0 Å². The molecule has 0 N–H and O–H groups in total. The predicted molar refractivity (Wildman–Crippen MR) is 107 cm³/mol. The van der Waals surface area contributed by atoms with E-state index in [0.29, 0.717) is 52.1 Å². The summed E-state index contributed by atoms with van der Waals surface area (Å²) < 4.78 is 25.4. The lowest BCUT2D eigenvalue weighted by Crippen LogP contribution is -2.69. The highest BCUT2D eigenvalue weighted by Gasteiger charge is 2.60. The summed E-state index contributed by atoms with van der Waals surface area (Å²) in [4.78, 5) is 0. The van der Waals surface area contributed by atoms with E-state index in [-0.39, 0.29) is 11.5 Å². The third-order valence-corrected chi connectivity index (χ3v) is 7.37. The molecule has 0 aliphatic carbocycles. The first-order valence-corrected chi connectivity index (χ1v) is 11.1. The maximum atomic E-state index is 12.7. The van der Waals surface area contributed by atoms with E-state index in [1.54, 1.807) is 0 Å². The van der Waals surface area contributed by atoms with Gasteiger partial charge >= 0.3 is 0 Å². The molecule has 8 nitrogen and oxygen atoms in total. The molecule has 0 amide bonds. The molecule has 0 bridgehead atoms. The summed E-state index contributed by atoms with van der Waals surface area (Å²) in [7, 11) is 0. The van der Waals surface area contributed by atoms with Crippen molar-refractivity contribution in [1.82, 2.24) is 10.1 Å². The zero-order chi connectivity index (χ0) is 22.2. The Morgan fingerprint density at radius 2 is 1.07 bits per heavy atom. The van der Waals surface area contributed by atoms with Crippen molar-refractivity contribution in [2.24, 2.45) is 5.41 Å². The van der Waals surface area contributed by atoms with Gasteiger partial charge in [0.2, 0.25) is 0 Å². The van der Waals surface area contributed by atoms with Crippen LogP contribution in [0, 0.1) is 5.41 Å². The molecule has 4 aliphatic rings. The molecular weight excluding hydrogens is 388 g/mol. The number of rotatable bonds is 0. The van der Waals surface area contributed by atoms with Crippen LogP contribution in [0.1, 0.15) is 74.1 Å². The van der Waals surface area contributed by atoms with Crippen LogP contribution in [-0.2, 0) is 29.4 Å². The lowest BCUT2D eigenvalue weighted by Gasteiger charge is -2.59. The van der Waals surface area contributed by atoms with Gasteiger partial charge in [0.05, 0.1) is 31.8 Å². The summed E-state index contributed by atoms with van der Waals surface area (Å²) in [6.45, 7) is 15.5. The fourth-order valence-corrected chi connectivity index (χ4v) is 6.18. The van der Waals surface area contributed by atoms with Crippen molar-refractivity contribution in [3.05, 3.63) is 0 Å². The van der Waals surface area contributed by atoms with Crippen LogP contribution in [0.4, 0.5) is 0 Å². The quantitative estimate of drug-likeness (QED) is 0.592. The Morgan fingerprint density at radius 3 is 1.50 bits per heavy atom. The number of piperidine rings is 2. The second kappa shape index (κ2) is 6.84. The molecule has 0 aromatic rings. The molecule has 4 rings (SSSR count). The van der Waals surface area contributed by atoms with Crippen LogP contribution in [0.2, 0.25) is 0 Å². The van der Waals surface area contributed by atoms with Crippen molar-refractivity contribution in [3.8, 4) is 0 Å². The molecule has 0 saturated carbocycles. The van der Waals surface area contributed by atoms with E-state index in [4.69, 9.17) is 18.9 Å². The zero-order valence-corrected chi connectivity index (χ0v) is 19.6. The maximum absolute atomic E-state index is 12.7. The monoisotopic (exact) mass is 426 g/mol. The van der Waals surface area contributed by atoms with Crippen molar-refractivity contribution in [2.75, 3.05) is 26.4 Å². The third-order valence-electron chi connectivity index (χ3n) is 7.37. The fraction of sp³-hybridized carbons (Fsp3) is 1.00. The van der Waals surface area contributed by atoms with Crippen LogP contribution in [0.25, 0.3) is 0 Å². The van der Waals surface area contributed by atoms with Gasteiger partial charge in [0.25, 0.3) is 0 Å². The van der Waals surface area contributed by atoms with E-state index in [9.17, 15) is 10.4 Å². The topological polar surface area (TPSA) is 83.2 Å². The van der Waals surface area contributed by atoms with Crippen LogP contribution in [0.5, 0.6) is 0 Å². The molecule has 4 fully saturated rings. The minimum Gasteiger partial charge on any atom is -0.349 e. The maximum Gasteiger partial charge on any atom is 0.172 e. The van der Waals surface area contributed by atoms with Crippen molar-refractivity contribution in [2.45, 2.75) is 108 Å². The highest BCUT2D eigenvalue weighted by atomic mass is 16.7. The second-order valence-electron chi connectivity index (χ2n) is 12.1. The Kier molecular flexibility index (Phi) is 5.21. The molecule has 30 heavy (non-hydrogen) atoms. The molecule has 0 aromatic heterocycles. The SMILES string of the molecule is C[C@H]1CC2(CC(C)(C)N1[O])OCC1(CO2)COC2(CC(C)(C)N([O])C(C)(C)C2)OC1. The van der Waals surface area contributed by atoms with Gasteiger partial charge in [-0.3, -0.25) is 0 Å². The molecule has 0 unspecified atom stereocenters. The Bertz CT molecular complexity index is 641. The van der Waals surface area contributed by atoms with Crippen LogP contribution in [0.15, 0.2) is 0 Å². The smallest absolute Gasteiger partial charge is 0.172 e. The summed E-state index contributed by atoms with van der Waals surface area (Å²) in [5.74, 6) is -1.47. The highest BCUT2D eigenvalue weighted by molar-refractivity contribution is 5.04. The average Bonchev–Trinajstić information content (AvgIpc) is 2.63. The number of hydroxylamine groups is 4. The first-order valence-electron chi connectivity index (χ1n) is 11.1. The molecule has 0 aromatic carbocycles. The van der Waals surface area contributed by atoms with Crippen LogP contribution in [-0.4, -0.2) is 70.8 Å². The molecule has 4 saturated heterocycles. The lowest BCUT2D eigenvalue weighted by molar-refractivity contribution is -0.416. The molecule has 8 heteroatoms. The first-order chi connectivity index (χ1) is 13.6. The van der Waals surface area contributed by atoms with Crippen LogP contribution in [0.3, 0.4) is 0 Å². The highest BCUT2D eigenvalue weighted by Crippen LogP contribution is 2.50. The first kappa shape index (κ1) is 22.9. The van der Waals surface area contributed by atoms with Gasteiger partial charge in [0, 0.05) is 48.3 Å². The predicted octanol–water partition coefficient (Wildman–Crippen LogP) is 3.07. The van der Waals surface area contributed by atoms with E-state index in [2.05, 4.69) is 0 Å². The number of hydrogen-bond acceptors (Lipinski definition) is 6. The zero-order valence-electron chi connectivity index (χ0n) is 19.6. The summed E-state index contributed by atoms with van der Waals surface area (Å²) in [5.41, 5.74) is -2.02. The Labute approximate surface area is 180 Å². The van der Waals surface area contributed by atoms with E-state index in [1.165, 1.54) is 5.06 Å². The van der Waals surface area contributed by atoms with Crippen molar-refractivity contribution in [1.29, 1.82) is 0 Å². The number of ether oxygens (including phenoxy) is 4. The molecule has 172 valence electrons. The van der Waals surface area contributed by atoms with Gasteiger partial charge in [-0.1, -0.05) is 0 Å². The normalized spacial score (nSPS) is 36.9. The standard InChI is InChI=1S/C22H38N2O6/c1-16-8-21(9-17(2,3)23(16)25)27-12-20(13-28-21)14-29-22(30-15-20)10-18(4,5)24(26)19(6,7)11-22/h16H,8-15H2,1-7H3/t16-/m0/s1. The lowest BCUT2D eigenvalue weighted by atomic mass is 9.76. The van der Waals surface area contributed by atoms with Gasteiger partial charge < -0.3 is 18.9 Å². The minimum absolute atomic E-state index is 0.160. The molecule has 4 aliphatic heterocycles. The number of hydrogen-bond donors (Lipinski definition) is 0. The summed E-state index contributed by atoms with van der Waals surface area (Å²) >= 11 is 0.